The smallest absolute Gasteiger partial charge is 0.0888 e. The van der Waals surface area contributed by atoms with Crippen molar-refractivity contribution in [3.63, 3.8) is 0 Å². The highest BCUT2D eigenvalue weighted by Crippen LogP contribution is 2.25. The zero-order valence-corrected chi connectivity index (χ0v) is 9.42. The van der Waals surface area contributed by atoms with Gasteiger partial charge in [-0.3, -0.25) is 0 Å². The van der Waals surface area contributed by atoms with Crippen LogP contribution in [-0.2, 0) is 0 Å². The third-order valence-electron chi connectivity index (χ3n) is 3.12. The molecule has 0 saturated carbocycles. The van der Waals surface area contributed by atoms with E-state index in [1.807, 2.05) is 0 Å². The summed E-state index contributed by atoms with van der Waals surface area (Å²) in [6.45, 7) is 2.27. The quantitative estimate of drug-likeness (QED) is 0.443. The van der Waals surface area contributed by atoms with Gasteiger partial charge in [0, 0.05) is 14.1 Å². The largest absolute Gasteiger partial charge is 0.225 e. The Kier molecular flexibility index (Phi) is 4.74. The van der Waals surface area contributed by atoms with E-state index in [1.54, 1.807) is 0 Å². The molecular formula is C11H24N2. The standard InChI is InChI=1S/C11H24N2/c1-4-5-6-7-8-9-10-11-12(2)13(11)3/h11H,4-10H2,1-3H3. The molecule has 0 bridgehead atoms. The van der Waals surface area contributed by atoms with Gasteiger partial charge in [0.2, 0.25) is 0 Å². The fourth-order valence-corrected chi connectivity index (χ4v) is 1.91. The molecule has 1 rings (SSSR count). The minimum atomic E-state index is 0.756. The van der Waals surface area contributed by atoms with E-state index < -0.39 is 0 Å². The fourth-order valence-electron chi connectivity index (χ4n) is 1.91. The first kappa shape index (κ1) is 11.0. The van der Waals surface area contributed by atoms with Crippen LogP contribution in [0, 0.1) is 0 Å². The molecule has 0 aliphatic carbocycles. The van der Waals surface area contributed by atoms with Gasteiger partial charge in [-0.25, -0.2) is 10.0 Å². The zero-order valence-electron chi connectivity index (χ0n) is 9.42. The third-order valence-corrected chi connectivity index (χ3v) is 3.12. The lowest BCUT2D eigenvalue weighted by molar-refractivity contribution is 0.412. The maximum absolute atomic E-state index is 2.31. The van der Waals surface area contributed by atoms with Crippen LogP contribution in [-0.4, -0.2) is 30.3 Å². The molecule has 1 heterocycles. The lowest BCUT2D eigenvalue weighted by Crippen LogP contribution is -1.94. The topological polar surface area (TPSA) is 6.02 Å². The highest BCUT2D eigenvalue weighted by Gasteiger charge is 2.36. The minimum Gasteiger partial charge on any atom is -0.225 e. The van der Waals surface area contributed by atoms with Gasteiger partial charge < -0.3 is 0 Å². The molecule has 78 valence electrons. The van der Waals surface area contributed by atoms with E-state index in [0.717, 1.165) is 6.17 Å². The van der Waals surface area contributed by atoms with Crippen molar-refractivity contribution in [2.24, 2.45) is 0 Å². The van der Waals surface area contributed by atoms with E-state index in [1.165, 1.54) is 44.9 Å². The highest BCUT2D eigenvalue weighted by molar-refractivity contribution is 4.76. The average molecular weight is 184 g/mol. The summed E-state index contributed by atoms with van der Waals surface area (Å²) in [6, 6.07) is 0. The lowest BCUT2D eigenvalue weighted by Gasteiger charge is -1.98. The molecule has 2 atom stereocenters. The van der Waals surface area contributed by atoms with Crippen molar-refractivity contribution >= 4 is 0 Å². The Morgan fingerprint density at radius 3 is 1.92 bits per heavy atom. The summed E-state index contributed by atoms with van der Waals surface area (Å²) in [4.78, 5) is 0. The summed E-state index contributed by atoms with van der Waals surface area (Å²) >= 11 is 0. The third kappa shape index (κ3) is 3.65. The van der Waals surface area contributed by atoms with E-state index in [-0.39, 0.29) is 0 Å². The maximum Gasteiger partial charge on any atom is 0.0888 e. The molecule has 1 fully saturated rings. The molecule has 0 aromatic heterocycles. The molecule has 0 spiro atoms. The second kappa shape index (κ2) is 5.61. The molecule has 13 heavy (non-hydrogen) atoms. The number of unbranched alkanes of at least 4 members (excludes halogenated alkanes) is 5. The van der Waals surface area contributed by atoms with Gasteiger partial charge in [-0.05, 0) is 6.42 Å². The molecule has 0 radical (unpaired) electrons. The van der Waals surface area contributed by atoms with Gasteiger partial charge in [0.1, 0.15) is 0 Å². The van der Waals surface area contributed by atoms with E-state index in [2.05, 4.69) is 31.0 Å². The first-order valence-electron chi connectivity index (χ1n) is 5.73. The van der Waals surface area contributed by atoms with Gasteiger partial charge in [0.25, 0.3) is 0 Å². The Morgan fingerprint density at radius 1 is 0.846 bits per heavy atom. The summed E-state index contributed by atoms with van der Waals surface area (Å²) < 4.78 is 0. The van der Waals surface area contributed by atoms with E-state index in [4.69, 9.17) is 0 Å². The van der Waals surface area contributed by atoms with E-state index >= 15 is 0 Å². The molecule has 2 heteroatoms. The SMILES string of the molecule is CCCCCCCCC1N(C)N1C. The molecular weight excluding hydrogens is 160 g/mol. The van der Waals surface area contributed by atoms with Crippen molar-refractivity contribution in [2.75, 3.05) is 14.1 Å². The average Bonchev–Trinajstić information content (AvgIpc) is 2.68. The van der Waals surface area contributed by atoms with Crippen LogP contribution in [0.25, 0.3) is 0 Å². The molecule has 0 aromatic carbocycles. The van der Waals surface area contributed by atoms with Gasteiger partial charge >= 0.3 is 0 Å². The van der Waals surface area contributed by atoms with Crippen LogP contribution in [0.15, 0.2) is 0 Å². The van der Waals surface area contributed by atoms with Crippen molar-refractivity contribution < 1.29 is 0 Å². The van der Waals surface area contributed by atoms with Crippen LogP contribution in [0.1, 0.15) is 51.9 Å². The first-order valence-corrected chi connectivity index (χ1v) is 5.73. The number of hydrazine groups is 1. The van der Waals surface area contributed by atoms with Crippen LogP contribution in [0.5, 0.6) is 0 Å². The summed E-state index contributed by atoms with van der Waals surface area (Å²) in [5.41, 5.74) is 0. The molecule has 1 aliphatic heterocycles. The predicted molar refractivity (Wildman–Crippen MR) is 57.3 cm³/mol. The number of rotatable bonds is 7. The first-order chi connectivity index (χ1) is 6.27. The van der Waals surface area contributed by atoms with Crippen LogP contribution in [0.4, 0.5) is 0 Å². The van der Waals surface area contributed by atoms with E-state index in [0.29, 0.717) is 0 Å². The van der Waals surface area contributed by atoms with Gasteiger partial charge in [0.15, 0.2) is 0 Å². The maximum atomic E-state index is 2.31. The summed E-state index contributed by atoms with van der Waals surface area (Å²) in [5.74, 6) is 0. The highest BCUT2D eigenvalue weighted by atomic mass is 15.8. The monoisotopic (exact) mass is 184 g/mol. The van der Waals surface area contributed by atoms with Gasteiger partial charge in [0.05, 0.1) is 6.17 Å². The molecule has 0 amide bonds. The van der Waals surface area contributed by atoms with Crippen molar-refractivity contribution in [1.82, 2.24) is 10.0 Å². The normalized spacial score (nSPS) is 32.1. The number of hydrogen-bond donors (Lipinski definition) is 0. The van der Waals surface area contributed by atoms with Crippen molar-refractivity contribution in [2.45, 2.75) is 58.0 Å². The summed E-state index contributed by atoms with van der Waals surface area (Å²) in [5, 5.41) is 4.62. The van der Waals surface area contributed by atoms with Crippen molar-refractivity contribution in [3.8, 4) is 0 Å². The van der Waals surface area contributed by atoms with Gasteiger partial charge in [-0.15, -0.1) is 0 Å². The molecule has 1 aliphatic rings. The Morgan fingerprint density at radius 2 is 1.38 bits per heavy atom. The summed E-state index contributed by atoms with van der Waals surface area (Å²) in [7, 11) is 4.34. The van der Waals surface area contributed by atoms with Crippen LogP contribution in [0.2, 0.25) is 0 Å². The Hall–Kier alpha value is -0.0800. The zero-order chi connectivity index (χ0) is 9.68. The Labute approximate surface area is 82.9 Å². The van der Waals surface area contributed by atoms with E-state index in [9.17, 15) is 0 Å². The minimum absolute atomic E-state index is 0.756. The second-order valence-corrected chi connectivity index (χ2v) is 4.18. The van der Waals surface area contributed by atoms with Crippen LogP contribution >= 0.6 is 0 Å². The molecule has 0 N–H and O–H groups in total. The van der Waals surface area contributed by atoms with Gasteiger partial charge in [-0.2, -0.15) is 0 Å². The Bertz CT molecular complexity index is 128. The summed E-state index contributed by atoms with van der Waals surface area (Å²) in [6.07, 6.45) is 10.6. The van der Waals surface area contributed by atoms with Crippen LogP contribution in [0.3, 0.4) is 0 Å². The fraction of sp³-hybridized carbons (Fsp3) is 1.00. The van der Waals surface area contributed by atoms with Crippen molar-refractivity contribution in [3.05, 3.63) is 0 Å². The molecule has 2 nitrogen and oxygen atoms in total. The second-order valence-electron chi connectivity index (χ2n) is 4.18. The molecule has 0 aromatic rings. The Balaban J connectivity index is 1.80. The number of nitrogens with zero attached hydrogens (tertiary/aromatic N) is 2. The number of hydrogen-bond acceptors (Lipinski definition) is 2. The van der Waals surface area contributed by atoms with Crippen LogP contribution < -0.4 is 0 Å². The van der Waals surface area contributed by atoms with Crippen molar-refractivity contribution in [1.29, 1.82) is 0 Å². The molecule has 2 unspecified atom stereocenters. The molecule has 1 saturated heterocycles. The van der Waals surface area contributed by atoms with Gasteiger partial charge in [-0.1, -0.05) is 45.4 Å². The predicted octanol–water partition coefficient (Wildman–Crippen LogP) is 2.86. The lowest BCUT2D eigenvalue weighted by atomic mass is 10.1.